The SMILES string of the molecule is CCCCCCCCCCN1CCCC(O/N=C2\[C@H](C)C[C@@](C)(OC)[C@H](O[C@@H]3O[C@H](C)C[C@H](N(C)C)[C@H]3O)[C@@H](C)C(=O)[C@@H](C)C(=O)O[C@H](CC)[C@@](C)(O)[C@H](O)[C@H]2C)C1.CC[C@H]1OC(=O)[C@H](C)C(OC2C[C@](C)(OC)[C@@H](O)[C@H](C)O2)[C@H](C)[C@@H](O[C@@H]2O[C@H](C)C[C@H](N(C)C)[C@H]2O)[C@](C)(OC)C[C@@H](C)C(=O)[C@H](C)[C@H]2N(NCCCc3ccnc4ccccc34)C(=O)O[C@]12C. The number of ketones is 2. The summed E-state index contributed by atoms with van der Waals surface area (Å²) in [5.41, 5.74) is -1.02. The fourth-order valence-corrected chi connectivity index (χ4v) is 21.1. The van der Waals surface area contributed by atoms with Crippen molar-refractivity contribution in [1.29, 1.82) is 0 Å². The molecule has 1 amide bonds. The lowest BCUT2D eigenvalue weighted by Crippen LogP contribution is -2.62. The number of likely N-dealkylation sites (tertiary alicyclic amines) is 1. The molecule has 126 heavy (non-hydrogen) atoms. The van der Waals surface area contributed by atoms with E-state index in [-0.39, 0.29) is 68.3 Å². The third kappa shape index (κ3) is 25.5. The number of unbranched alkanes of at least 4 members (excludes halogenated alkanes) is 7. The number of benzene rings is 1. The van der Waals surface area contributed by atoms with Crippen LogP contribution >= 0.6 is 0 Å². The first-order valence-electron chi connectivity index (χ1n) is 47.2. The molecule has 7 aliphatic heterocycles. The molecule has 0 saturated carbocycles. The number of carbonyl (C=O) groups excluding carboxylic acids is 5. The topological polar surface area (TPSA) is 357 Å². The summed E-state index contributed by atoms with van der Waals surface area (Å²) in [4.78, 5) is 89.3. The molecule has 8 heterocycles. The van der Waals surface area contributed by atoms with Gasteiger partial charge in [-0.05, 0) is 199 Å². The number of para-hydroxylation sites is 1. The number of oxime groups is 1. The van der Waals surface area contributed by atoms with Crippen molar-refractivity contribution in [3.8, 4) is 0 Å². The molecule has 0 bridgehead atoms. The summed E-state index contributed by atoms with van der Waals surface area (Å²) >= 11 is 0. The molecule has 1 aromatic heterocycles. The van der Waals surface area contributed by atoms with Crippen LogP contribution < -0.4 is 5.43 Å². The number of aliphatic hydroxyl groups is 5. The molecule has 0 radical (unpaired) electrons. The second-order valence-corrected chi connectivity index (χ2v) is 39.4. The zero-order chi connectivity index (χ0) is 93.4. The van der Waals surface area contributed by atoms with Crippen LogP contribution in [0.1, 0.15) is 253 Å². The molecule has 6 N–H and O–H groups in total. The minimum absolute atomic E-state index is 0.123. The second kappa shape index (κ2) is 47.0. The molecule has 720 valence electrons. The van der Waals surface area contributed by atoms with Crippen molar-refractivity contribution in [2.45, 2.75) is 398 Å². The standard InChI is InChI=1S/C51H80N4O13.C45H83N3O10/c1-15-38-51(10)43(55(48(60)68-51)53-23-18-19-34-22-24-52-36-21-17-16-20-35(34)36)30(4)40(56)28(2)26-50(9,62-14)45(67-47-41(57)37(54(11)12)25-29(3)63-47)31(5)42(32(6)46(59)65-38)66-39-27-49(8,61-13)44(58)33(7)64-39;1-13-15-16-17-18-19-20-21-24-48-25-22-23-34(28-48)58-46-37-29(3)27-44(8,54-12)41(57-43-39(50)35(47(10)11)26-30(4)55-43)32(6)38(49)33(7)42(52)56-36(14-2)45(9,53)40(51)31(37)5/h16-17,20-22,24,28-33,37-39,41-45,47,53,57-58H,15,18-19,23,25-27H2,1-14H3;29-36,39-41,43,50-51,53H,13-28H2,1-12H3/b;46-37+/t28-,29-,30+,31+,32-,33+,37+,38-,39?,41-,42?,43-,44+,45-,47+,49+,50-,51-;29-,30-,31+,32+,33-,34?,35+,36-,39-,40-,41-,43+,44-,45-/m11/s1. The number of esters is 2. The summed E-state index contributed by atoms with van der Waals surface area (Å²) < 4.78 is 76.7. The number of aliphatic hydroxyl groups excluding tert-OH is 4. The van der Waals surface area contributed by atoms with Gasteiger partial charge in [-0.1, -0.05) is 131 Å². The van der Waals surface area contributed by atoms with Gasteiger partial charge in [0, 0.05) is 100 Å². The van der Waals surface area contributed by atoms with E-state index in [4.69, 9.17) is 66.8 Å². The van der Waals surface area contributed by atoms with Gasteiger partial charge in [-0.3, -0.25) is 29.1 Å². The van der Waals surface area contributed by atoms with E-state index in [1.807, 2.05) is 124 Å². The van der Waals surface area contributed by atoms with Gasteiger partial charge in [0.2, 0.25) is 0 Å². The fraction of sp³-hybridized carbons (Fsp3) is 0.844. The first-order chi connectivity index (χ1) is 59.3. The van der Waals surface area contributed by atoms with Crippen molar-refractivity contribution in [1.82, 2.24) is 30.1 Å². The van der Waals surface area contributed by atoms with Crippen LogP contribution in [0.5, 0.6) is 0 Å². The third-order valence-electron chi connectivity index (χ3n) is 29.1. The van der Waals surface area contributed by atoms with Gasteiger partial charge in [0.05, 0.1) is 76.7 Å². The summed E-state index contributed by atoms with van der Waals surface area (Å²) in [7, 11) is 12.2. The van der Waals surface area contributed by atoms with E-state index in [2.05, 4.69) is 22.2 Å². The van der Waals surface area contributed by atoms with E-state index in [1.165, 1.54) is 70.9 Å². The number of amides is 1. The van der Waals surface area contributed by atoms with E-state index in [0.29, 0.717) is 37.9 Å². The van der Waals surface area contributed by atoms with Crippen LogP contribution in [0.25, 0.3) is 10.9 Å². The molecule has 32 atom stereocenters. The molecule has 7 saturated heterocycles. The van der Waals surface area contributed by atoms with Crippen LogP contribution in [0.4, 0.5) is 4.79 Å². The molecular formula is C96H163N7O23. The van der Waals surface area contributed by atoms with Crippen LogP contribution in [0.15, 0.2) is 41.7 Å². The number of hydrogen-bond acceptors (Lipinski definition) is 29. The Kier molecular flexibility index (Phi) is 39.7. The number of methoxy groups -OCH3 is 3. The number of Topliss-reactive ketones (excluding diaryl/α,β-unsaturated/α-hetero) is 2. The summed E-state index contributed by atoms with van der Waals surface area (Å²) in [5.74, 6) is -8.57. The van der Waals surface area contributed by atoms with Crippen LogP contribution in [-0.4, -0.2) is 306 Å². The Morgan fingerprint density at radius 2 is 1.17 bits per heavy atom. The number of hydrazine groups is 1. The zero-order valence-corrected chi connectivity index (χ0v) is 81.1. The first-order valence-corrected chi connectivity index (χ1v) is 47.2. The molecule has 7 aliphatic rings. The fourth-order valence-electron chi connectivity index (χ4n) is 21.1. The number of cyclic esters (lactones) is 2. The zero-order valence-electron chi connectivity index (χ0n) is 81.1. The minimum atomic E-state index is -1.88. The van der Waals surface area contributed by atoms with Crippen molar-refractivity contribution in [2.24, 2.45) is 52.5 Å². The average molecular weight is 1780 g/mol. The number of aromatic nitrogens is 1. The van der Waals surface area contributed by atoms with Crippen LogP contribution in [-0.2, 0) is 87.3 Å². The number of piperidine rings is 1. The van der Waals surface area contributed by atoms with Crippen LogP contribution in [0.3, 0.4) is 0 Å². The van der Waals surface area contributed by atoms with Crippen molar-refractivity contribution in [2.75, 3.05) is 75.7 Å². The van der Waals surface area contributed by atoms with Crippen LogP contribution in [0, 0.1) is 47.3 Å². The second-order valence-electron chi connectivity index (χ2n) is 39.4. The van der Waals surface area contributed by atoms with Gasteiger partial charge in [-0.25, -0.2) is 15.2 Å². The monoisotopic (exact) mass is 1780 g/mol. The summed E-state index contributed by atoms with van der Waals surface area (Å²) in [5, 5.41) is 65.6. The van der Waals surface area contributed by atoms with Gasteiger partial charge < -0.3 is 97.0 Å². The van der Waals surface area contributed by atoms with Gasteiger partial charge in [-0.2, -0.15) is 0 Å². The normalized spacial score (nSPS) is 40.5. The lowest BCUT2D eigenvalue weighted by Gasteiger charge is -2.50. The molecule has 0 aliphatic carbocycles. The molecule has 30 nitrogen and oxygen atoms in total. The van der Waals surface area contributed by atoms with E-state index in [9.17, 15) is 44.7 Å². The maximum absolute atomic E-state index is 15.1. The highest BCUT2D eigenvalue weighted by Crippen LogP contribution is 2.47. The number of rotatable bonds is 29. The highest BCUT2D eigenvalue weighted by Gasteiger charge is 2.62. The highest BCUT2D eigenvalue weighted by atomic mass is 16.7. The van der Waals surface area contributed by atoms with Crippen molar-refractivity contribution in [3.05, 3.63) is 42.1 Å². The number of likely N-dealkylation sites (N-methyl/N-ethyl adjacent to an activating group) is 2. The third-order valence-corrected chi connectivity index (χ3v) is 29.1. The first kappa shape index (κ1) is 106. The Morgan fingerprint density at radius 1 is 0.611 bits per heavy atom. The van der Waals surface area contributed by atoms with Gasteiger partial charge in [-0.15, -0.1) is 0 Å². The van der Waals surface area contributed by atoms with Gasteiger partial charge >= 0.3 is 18.0 Å². The average Bonchev–Trinajstić information content (AvgIpc) is 1.54. The predicted molar refractivity (Wildman–Crippen MR) is 479 cm³/mol. The van der Waals surface area contributed by atoms with E-state index < -0.39 is 185 Å². The molecule has 3 unspecified atom stereocenters. The Morgan fingerprint density at radius 3 is 1.76 bits per heavy atom. The van der Waals surface area contributed by atoms with Gasteiger partial charge in [0.1, 0.15) is 60.0 Å². The molecule has 9 rings (SSSR count). The van der Waals surface area contributed by atoms with Gasteiger partial charge in [0.15, 0.2) is 30.3 Å². The molecule has 1 aromatic carbocycles. The van der Waals surface area contributed by atoms with Crippen molar-refractivity contribution in [3.63, 3.8) is 0 Å². The van der Waals surface area contributed by atoms with E-state index >= 15 is 4.79 Å². The molecule has 7 fully saturated rings. The Balaban J connectivity index is 0.000000316. The Hall–Kier alpha value is -5.07. The van der Waals surface area contributed by atoms with E-state index in [0.717, 1.165) is 55.4 Å². The number of nitrogens with one attached hydrogen (secondary N) is 1. The highest BCUT2D eigenvalue weighted by molar-refractivity contribution is 6.00. The molecule has 2 aromatic rings. The number of pyridine rings is 1. The Bertz CT molecular complexity index is 3780. The largest absolute Gasteiger partial charge is 0.459 e. The lowest BCUT2D eigenvalue weighted by atomic mass is 9.73. The predicted octanol–water partition coefficient (Wildman–Crippen LogP) is 11.7. The number of nitrogens with zero attached hydrogens (tertiary/aromatic N) is 6. The number of ether oxygens (including phenoxy) is 12. The number of aryl methyl sites for hydroxylation is 1. The quantitative estimate of drug-likeness (QED) is 0.0145. The maximum atomic E-state index is 15.1. The molecule has 0 spiro atoms. The summed E-state index contributed by atoms with van der Waals surface area (Å²) in [6.45, 7) is 37.5. The minimum Gasteiger partial charge on any atom is -0.459 e. The lowest BCUT2D eigenvalue weighted by molar-refractivity contribution is -0.319. The van der Waals surface area contributed by atoms with E-state index in [1.54, 1.807) is 75.8 Å². The van der Waals surface area contributed by atoms with Crippen molar-refractivity contribution >= 4 is 46.2 Å². The van der Waals surface area contributed by atoms with Crippen LogP contribution in [0.2, 0.25) is 0 Å². The van der Waals surface area contributed by atoms with Gasteiger partial charge in [0.25, 0.3) is 0 Å². The summed E-state index contributed by atoms with van der Waals surface area (Å²) in [6.07, 6.45) is 2.53. The maximum Gasteiger partial charge on any atom is 0.425 e. The molecule has 30 heteroatoms. The smallest absolute Gasteiger partial charge is 0.425 e. The number of carbonyl (C=O) groups is 5. The Labute approximate surface area is 752 Å². The van der Waals surface area contributed by atoms with Crippen molar-refractivity contribution < 1.29 is 111 Å². The molecular weight excluding hydrogens is 1620 g/mol. The number of fused-ring (bicyclic) bond motifs is 2. The summed E-state index contributed by atoms with van der Waals surface area (Å²) in [6, 6.07) is 8.50. The number of hydrogen-bond donors (Lipinski definition) is 6.